The van der Waals surface area contributed by atoms with Gasteiger partial charge in [0.1, 0.15) is 0 Å². The van der Waals surface area contributed by atoms with E-state index in [1.807, 2.05) is 60.7 Å². The molecule has 1 aromatic heterocycles. The molecule has 1 heterocycles. The predicted octanol–water partition coefficient (Wildman–Crippen LogP) is 5.02. The standard InChI is InChI=1S/C23H18BrN3O2S/c24-17-9-3-4-10-18(17)26-21(28)14-25-23(29)16-8-2-1-7-15(16)13-22-27-19-11-5-6-12-20(19)30-22/h1-12H,13-14H2,(H,25,29)(H,26,28). The first-order valence-corrected chi connectivity index (χ1v) is 11.0. The highest BCUT2D eigenvalue weighted by Crippen LogP contribution is 2.25. The SMILES string of the molecule is O=C(CNC(=O)c1ccccc1Cc1nc2ccccc2s1)Nc1ccccc1Br. The summed E-state index contributed by atoms with van der Waals surface area (Å²) in [5, 5.41) is 6.43. The van der Waals surface area contributed by atoms with Crippen LogP contribution < -0.4 is 10.6 Å². The van der Waals surface area contributed by atoms with E-state index in [2.05, 4.69) is 31.5 Å². The number of aromatic nitrogens is 1. The summed E-state index contributed by atoms with van der Waals surface area (Å²) in [5.74, 6) is -0.576. The van der Waals surface area contributed by atoms with Crippen molar-refractivity contribution in [3.8, 4) is 0 Å². The minimum atomic E-state index is -0.293. The van der Waals surface area contributed by atoms with Gasteiger partial charge in [-0.3, -0.25) is 9.59 Å². The molecule has 2 N–H and O–H groups in total. The minimum absolute atomic E-state index is 0.115. The van der Waals surface area contributed by atoms with Crippen molar-refractivity contribution in [1.29, 1.82) is 0 Å². The van der Waals surface area contributed by atoms with Gasteiger partial charge in [0.15, 0.2) is 0 Å². The molecule has 2 amide bonds. The Morgan fingerprint density at radius 1 is 0.933 bits per heavy atom. The molecule has 0 saturated heterocycles. The highest BCUT2D eigenvalue weighted by atomic mass is 79.9. The van der Waals surface area contributed by atoms with Crippen molar-refractivity contribution in [3.05, 3.63) is 93.4 Å². The molecule has 0 bridgehead atoms. The number of anilines is 1. The highest BCUT2D eigenvalue weighted by molar-refractivity contribution is 9.10. The Balaban J connectivity index is 1.43. The van der Waals surface area contributed by atoms with E-state index in [9.17, 15) is 9.59 Å². The average Bonchev–Trinajstić information content (AvgIpc) is 3.16. The van der Waals surface area contributed by atoms with Gasteiger partial charge >= 0.3 is 0 Å². The molecule has 5 nitrogen and oxygen atoms in total. The van der Waals surface area contributed by atoms with Crippen LogP contribution in [0.1, 0.15) is 20.9 Å². The monoisotopic (exact) mass is 479 g/mol. The number of nitrogens with one attached hydrogen (secondary N) is 2. The van der Waals surface area contributed by atoms with Crippen LogP contribution in [0.15, 0.2) is 77.3 Å². The minimum Gasteiger partial charge on any atom is -0.343 e. The molecular weight excluding hydrogens is 462 g/mol. The summed E-state index contributed by atoms with van der Waals surface area (Å²) < 4.78 is 1.91. The van der Waals surface area contributed by atoms with Crippen molar-refractivity contribution < 1.29 is 9.59 Å². The van der Waals surface area contributed by atoms with Gasteiger partial charge < -0.3 is 10.6 Å². The summed E-state index contributed by atoms with van der Waals surface area (Å²) in [6.07, 6.45) is 0.562. The normalized spacial score (nSPS) is 10.7. The van der Waals surface area contributed by atoms with Crippen molar-refractivity contribution in [3.63, 3.8) is 0 Å². The first-order chi connectivity index (χ1) is 14.6. The van der Waals surface area contributed by atoms with Gasteiger partial charge in [-0.15, -0.1) is 11.3 Å². The number of rotatable bonds is 6. The lowest BCUT2D eigenvalue weighted by molar-refractivity contribution is -0.115. The molecule has 30 heavy (non-hydrogen) atoms. The number of amides is 2. The van der Waals surface area contributed by atoms with E-state index in [1.54, 1.807) is 23.5 Å². The number of hydrogen-bond acceptors (Lipinski definition) is 4. The zero-order valence-corrected chi connectivity index (χ0v) is 18.3. The summed E-state index contributed by atoms with van der Waals surface area (Å²) in [6, 6.07) is 22.7. The number of nitrogens with zero attached hydrogens (tertiary/aromatic N) is 1. The van der Waals surface area contributed by atoms with Crippen LogP contribution in [0.3, 0.4) is 0 Å². The summed E-state index contributed by atoms with van der Waals surface area (Å²) in [7, 11) is 0. The Morgan fingerprint density at radius 3 is 2.50 bits per heavy atom. The maximum Gasteiger partial charge on any atom is 0.252 e. The Hall–Kier alpha value is -3.03. The molecule has 3 aromatic carbocycles. The van der Waals surface area contributed by atoms with Crippen molar-refractivity contribution in [2.45, 2.75) is 6.42 Å². The summed E-state index contributed by atoms with van der Waals surface area (Å²) in [5.41, 5.74) is 3.04. The lowest BCUT2D eigenvalue weighted by atomic mass is 10.0. The fraction of sp³-hybridized carbons (Fsp3) is 0.0870. The van der Waals surface area contributed by atoms with Gasteiger partial charge in [-0.1, -0.05) is 42.5 Å². The Kier molecular flexibility index (Phi) is 6.21. The smallest absolute Gasteiger partial charge is 0.252 e. The number of fused-ring (bicyclic) bond motifs is 1. The van der Waals surface area contributed by atoms with E-state index >= 15 is 0 Å². The third-order valence-electron chi connectivity index (χ3n) is 4.50. The first kappa shape index (κ1) is 20.3. The van der Waals surface area contributed by atoms with Crippen LogP contribution >= 0.6 is 27.3 Å². The first-order valence-electron chi connectivity index (χ1n) is 9.35. The van der Waals surface area contributed by atoms with E-state index in [1.165, 1.54) is 0 Å². The molecule has 0 aliphatic carbocycles. The van der Waals surface area contributed by atoms with Crippen molar-refractivity contribution in [1.82, 2.24) is 10.3 Å². The van der Waals surface area contributed by atoms with Gasteiger partial charge in [0, 0.05) is 16.5 Å². The number of benzene rings is 3. The molecule has 0 aliphatic heterocycles. The zero-order valence-electron chi connectivity index (χ0n) is 15.9. The number of thiazole rings is 1. The van der Waals surface area contributed by atoms with Gasteiger partial charge in [-0.2, -0.15) is 0 Å². The lowest BCUT2D eigenvalue weighted by Gasteiger charge is -2.10. The Bertz CT molecular complexity index is 1190. The summed E-state index contributed by atoms with van der Waals surface area (Å²) in [4.78, 5) is 29.6. The van der Waals surface area contributed by atoms with Gasteiger partial charge in [-0.05, 0) is 51.8 Å². The molecule has 0 spiro atoms. The van der Waals surface area contributed by atoms with E-state index in [0.29, 0.717) is 17.7 Å². The van der Waals surface area contributed by atoms with Gasteiger partial charge in [0.05, 0.1) is 27.5 Å². The Morgan fingerprint density at radius 2 is 1.67 bits per heavy atom. The van der Waals surface area contributed by atoms with Gasteiger partial charge in [0.25, 0.3) is 5.91 Å². The van der Waals surface area contributed by atoms with Crippen molar-refractivity contribution >= 4 is 55.0 Å². The van der Waals surface area contributed by atoms with Crippen LogP contribution in [-0.2, 0) is 11.2 Å². The molecule has 150 valence electrons. The third kappa shape index (κ3) is 4.75. The molecule has 4 aromatic rings. The zero-order chi connectivity index (χ0) is 20.9. The van der Waals surface area contributed by atoms with Crippen LogP contribution in [0.4, 0.5) is 5.69 Å². The molecule has 7 heteroatoms. The number of carbonyl (C=O) groups excluding carboxylic acids is 2. The lowest BCUT2D eigenvalue weighted by Crippen LogP contribution is -2.33. The third-order valence-corrected chi connectivity index (χ3v) is 6.23. The Labute approximate surface area is 186 Å². The van der Waals surface area contributed by atoms with Crippen LogP contribution in [0.2, 0.25) is 0 Å². The average molecular weight is 480 g/mol. The van der Waals surface area contributed by atoms with Crippen LogP contribution in [0.5, 0.6) is 0 Å². The molecule has 0 saturated carbocycles. The van der Waals surface area contributed by atoms with Gasteiger partial charge in [-0.25, -0.2) is 4.98 Å². The molecule has 0 unspecified atom stereocenters. The van der Waals surface area contributed by atoms with Crippen LogP contribution in [0.25, 0.3) is 10.2 Å². The predicted molar refractivity (Wildman–Crippen MR) is 124 cm³/mol. The maximum atomic E-state index is 12.7. The van der Waals surface area contributed by atoms with Crippen LogP contribution in [-0.4, -0.2) is 23.3 Å². The maximum absolute atomic E-state index is 12.7. The second kappa shape index (κ2) is 9.19. The second-order valence-electron chi connectivity index (χ2n) is 6.62. The molecular formula is C23H18BrN3O2S. The van der Waals surface area contributed by atoms with E-state index < -0.39 is 0 Å². The summed E-state index contributed by atoms with van der Waals surface area (Å²) >= 11 is 5.01. The largest absolute Gasteiger partial charge is 0.343 e. The van der Waals surface area contributed by atoms with E-state index in [4.69, 9.17) is 0 Å². The fourth-order valence-electron chi connectivity index (χ4n) is 3.07. The number of carbonyl (C=O) groups is 2. The quantitative estimate of drug-likeness (QED) is 0.407. The van der Waals surface area contributed by atoms with E-state index in [0.717, 1.165) is 25.3 Å². The molecule has 0 aliphatic rings. The van der Waals surface area contributed by atoms with Crippen molar-refractivity contribution in [2.75, 3.05) is 11.9 Å². The topological polar surface area (TPSA) is 71.1 Å². The molecule has 0 atom stereocenters. The highest BCUT2D eigenvalue weighted by Gasteiger charge is 2.14. The van der Waals surface area contributed by atoms with Gasteiger partial charge in [0.2, 0.25) is 5.91 Å². The molecule has 4 rings (SSSR count). The fourth-order valence-corrected chi connectivity index (χ4v) is 4.44. The summed E-state index contributed by atoms with van der Waals surface area (Å²) in [6.45, 7) is -0.115. The van der Waals surface area contributed by atoms with Crippen LogP contribution in [0, 0.1) is 0 Å². The molecule has 0 radical (unpaired) electrons. The van der Waals surface area contributed by atoms with E-state index in [-0.39, 0.29) is 18.4 Å². The number of para-hydroxylation sites is 2. The second-order valence-corrected chi connectivity index (χ2v) is 8.59. The van der Waals surface area contributed by atoms with Crippen molar-refractivity contribution in [2.24, 2.45) is 0 Å². The number of halogens is 1. The number of hydrogen-bond donors (Lipinski definition) is 2. The molecule has 0 fully saturated rings.